The van der Waals surface area contributed by atoms with Crippen LogP contribution in [0.25, 0.3) is 0 Å². The molecule has 0 aromatic carbocycles. The van der Waals surface area contributed by atoms with Crippen LogP contribution in [0.2, 0.25) is 0 Å². The van der Waals surface area contributed by atoms with Crippen LogP contribution in [0, 0.1) is 5.92 Å². The molecule has 0 aliphatic carbocycles. The summed E-state index contributed by atoms with van der Waals surface area (Å²) in [5, 5.41) is 4.54. The molecule has 5 nitrogen and oxygen atoms in total. The molecule has 1 fully saturated rings. The molecule has 0 saturated carbocycles. The number of hydrazine groups is 1. The first-order chi connectivity index (χ1) is 9.17. The standard InChI is InChI=1S/C13H23BrN4O/c1-3-10-13(14)12(18(2)17-10)8-11(16-15)9-4-6-19-7-5-9/h9,11,16H,3-8,15H2,1-2H3. The fourth-order valence-corrected chi connectivity index (χ4v) is 3.51. The van der Waals surface area contributed by atoms with E-state index in [0.717, 1.165) is 49.1 Å². The molecule has 2 rings (SSSR count). The topological polar surface area (TPSA) is 65.1 Å². The van der Waals surface area contributed by atoms with Gasteiger partial charge in [-0.1, -0.05) is 6.92 Å². The van der Waals surface area contributed by atoms with Crippen LogP contribution in [-0.4, -0.2) is 29.0 Å². The minimum atomic E-state index is 0.278. The Morgan fingerprint density at radius 3 is 2.74 bits per heavy atom. The van der Waals surface area contributed by atoms with E-state index in [1.807, 2.05) is 11.7 Å². The van der Waals surface area contributed by atoms with Crippen molar-refractivity contribution in [1.29, 1.82) is 0 Å². The zero-order valence-electron chi connectivity index (χ0n) is 11.7. The van der Waals surface area contributed by atoms with Crippen molar-refractivity contribution in [2.24, 2.45) is 18.8 Å². The summed E-state index contributed by atoms with van der Waals surface area (Å²) in [6, 6.07) is 0.278. The maximum atomic E-state index is 5.76. The van der Waals surface area contributed by atoms with Crippen LogP contribution in [0.3, 0.4) is 0 Å². The maximum Gasteiger partial charge on any atom is 0.0766 e. The number of nitrogens with zero attached hydrogens (tertiary/aromatic N) is 2. The highest BCUT2D eigenvalue weighted by atomic mass is 79.9. The molecular formula is C13H23BrN4O. The van der Waals surface area contributed by atoms with Gasteiger partial charge >= 0.3 is 0 Å². The number of nitrogens with one attached hydrogen (secondary N) is 1. The van der Waals surface area contributed by atoms with Crippen LogP contribution in [0.15, 0.2) is 4.47 Å². The number of halogens is 1. The van der Waals surface area contributed by atoms with Crippen molar-refractivity contribution in [3.63, 3.8) is 0 Å². The molecule has 1 aromatic rings. The third-order valence-corrected chi connectivity index (χ3v) is 4.88. The molecule has 1 unspecified atom stereocenters. The lowest BCUT2D eigenvalue weighted by molar-refractivity contribution is 0.0535. The van der Waals surface area contributed by atoms with Crippen LogP contribution in [-0.2, 0) is 24.6 Å². The fraction of sp³-hybridized carbons (Fsp3) is 0.769. The Balaban J connectivity index is 2.11. The molecule has 1 atom stereocenters. The summed E-state index contributed by atoms with van der Waals surface area (Å²) in [4.78, 5) is 0. The van der Waals surface area contributed by atoms with E-state index in [4.69, 9.17) is 10.6 Å². The SMILES string of the molecule is CCc1nn(C)c(CC(NN)C2CCOCC2)c1Br. The average molecular weight is 331 g/mol. The van der Waals surface area contributed by atoms with Crippen LogP contribution >= 0.6 is 15.9 Å². The fourth-order valence-electron chi connectivity index (χ4n) is 2.73. The Hall–Kier alpha value is -0.430. The number of nitrogens with two attached hydrogens (primary N) is 1. The lowest BCUT2D eigenvalue weighted by Gasteiger charge is -2.29. The van der Waals surface area contributed by atoms with Crippen LogP contribution < -0.4 is 11.3 Å². The highest BCUT2D eigenvalue weighted by molar-refractivity contribution is 9.10. The molecule has 1 saturated heterocycles. The van der Waals surface area contributed by atoms with E-state index < -0.39 is 0 Å². The van der Waals surface area contributed by atoms with Gasteiger partial charge < -0.3 is 4.74 Å². The van der Waals surface area contributed by atoms with Gasteiger partial charge in [0, 0.05) is 32.7 Å². The van der Waals surface area contributed by atoms with Gasteiger partial charge in [-0.3, -0.25) is 16.0 Å². The quantitative estimate of drug-likeness (QED) is 0.635. The zero-order valence-corrected chi connectivity index (χ0v) is 13.2. The Morgan fingerprint density at radius 2 is 2.21 bits per heavy atom. The molecule has 0 bridgehead atoms. The number of hydrogen-bond acceptors (Lipinski definition) is 4. The van der Waals surface area contributed by atoms with Crippen LogP contribution in [0.4, 0.5) is 0 Å². The largest absolute Gasteiger partial charge is 0.381 e. The second kappa shape index (κ2) is 6.83. The lowest BCUT2D eigenvalue weighted by Crippen LogP contribution is -2.44. The van der Waals surface area contributed by atoms with Gasteiger partial charge in [-0.15, -0.1) is 0 Å². The summed E-state index contributed by atoms with van der Waals surface area (Å²) in [5.74, 6) is 6.33. The molecule has 19 heavy (non-hydrogen) atoms. The van der Waals surface area contributed by atoms with E-state index in [1.54, 1.807) is 0 Å². The van der Waals surface area contributed by atoms with Gasteiger partial charge in [0.25, 0.3) is 0 Å². The van der Waals surface area contributed by atoms with Gasteiger partial charge in [0.15, 0.2) is 0 Å². The first-order valence-corrected chi connectivity index (χ1v) is 7.70. The van der Waals surface area contributed by atoms with E-state index >= 15 is 0 Å². The Kier molecular flexibility index (Phi) is 5.38. The van der Waals surface area contributed by atoms with Crippen molar-refractivity contribution in [2.75, 3.05) is 13.2 Å². The second-order valence-electron chi connectivity index (χ2n) is 5.11. The first-order valence-electron chi connectivity index (χ1n) is 6.91. The van der Waals surface area contributed by atoms with Gasteiger partial charge in [0.1, 0.15) is 0 Å². The summed E-state index contributed by atoms with van der Waals surface area (Å²) in [7, 11) is 2.00. The summed E-state index contributed by atoms with van der Waals surface area (Å²) >= 11 is 3.67. The first kappa shape index (κ1) is 15.0. The van der Waals surface area contributed by atoms with E-state index in [-0.39, 0.29) is 6.04 Å². The zero-order chi connectivity index (χ0) is 13.8. The molecule has 1 aromatic heterocycles. The average Bonchev–Trinajstić information content (AvgIpc) is 2.72. The molecule has 1 aliphatic rings. The lowest BCUT2D eigenvalue weighted by atomic mass is 9.89. The summed E-state index contributed by atoms with van der Waals surface area (Å²) in [5.41, 5.74) is 5.31. The number of ether oxygens (including phenoxy) is 1. The molecule has 0 radical (unpaired) electrons. The van der Waals surface area contributed by atoms with Crippen molar-refractivity contribution in [2.45, 2.75) is 38.6 Å². The molecule has 0 amide bonds. The van der Waals surface area contributed by atoms with Crippen molar-refractivity contribution in [3.8, 4) is 0 Å². The number of aryl methyl sites for hydroxylation is 2. The van der Waals surface area contributed by atoms with Crippen molar-refractivity contribution in [3.05, 3.63) is 15.9 Å². The minimum absolute atomic E-state index is 0.278. The molecular weight excluding hydrogens is 308 g/mol. The smallest absolute Gasteiger partial charge is 0.0766 e. The van der Waals surface area contributed by atoms with Crippen molar-refractivity contribution < 1.29 is 4.74 Å². The highest BCUT2D eigenvalue weighted by Gasteiger charge is 2.25. The van der Waals surface area contributed by atoms with Crippen molar-refractivity contribution >= 4 is 15.9 Å². The molecule has 108 valence electrons. The molecule has 0 spiro atoms. The maximum absolute atomic E-state index is 5.76. The third-order valence-electron chi connectivity index (χ3n) is 3.97. The minimum Gasteiger partial charge on any atom is -0.381 e. The summed E-state index contributed by atoms with van der Waals surface area (Å²) < 4.78 is 8.51. The van der Waals surface area contributed by atoms with Gasteiger partial charge in [-0.25, -0.2) is 0 Å². The van der Waals surface area contributed by atoms with Crippen molar-refractivity contribution in [1.82, 2.24) is 15.2 Å². The molecule has 6 heteroatoms. The molecule has 3 N–H and O–H groups in total. The number of aromatic nitrogens is 2. The van der Waals surface area contributed by atoms with E-state index in [1.165, 1.54) is 5.69 Å². The number of hydrogen-bond donors (Lipinski definition) is 2. The van der Waals surface area contributed by atoms with Gasteiger partial charge in [0.2, 0.25) is 0 Å². The Bertz CT molecular complexity index is 415. The van der Waals surface area contributed by atoms with Crippen LogP contribution in [0.1, 0.15) is 31.2 Å². The third kappa shape index (κ3) is 3.37. The normalized spacial score (nSPS) is 18.7. The summed E-state index contributed by atoms with van der Waals surface area (Å²) in [6.45, 7) is 3.80. The summed E-state index contributed by atoms with van der Waals surface area (Å²) in [6.07, 6.45) is 3.98. The predicted molar refractivity (Wildman–Crippen MR) is 78.6 cm³/mol. The highest BCUT2D eigenvalue weighted by Crippen LogP contribution is 2.26. The van der Waals surface area contributed by atoms with Gasteiger partial charge in [0.05, 0.1) is 15.9 Å². The van der Waals surface area contributed by atoms with E-state index in [9.17, 15) is 0 Å². The number of rotatable bonds is 5. The predicted octanol–water partition coefficient (Wildman–Crippen LogP) is 1.55. The van der Waals surface area contributed by atoms with Crippen LogP contribution in [0.5, 0.6) is 0 Å². The molecule has 1 aliphatic heterocycles. The second-order valence-corrected chi connectivity index (χ2v) is 5.90. The van der Waals surface area contributed by atoms with Gasteiger partial charge in [-0.2, -0.15) is 5.10 Å². The van der Waals surface area contributed by atoms with E-state index in [2.05, 4.69) is 33.4 Å². The monoisotopic (exact) mass is 330 g/mol. The molecule has 2 heterocycles. The van der Waals surface area contributed by atoms with E-state index in [0.29, 0.717) is 5.92 Å². The Morgan fingerprint density at radius 1 is 1.53 bits per heavy atom. The van der Waals surface area contributed by atoms with Gasteiger partial charge in [-0.05, 0) is 41.1 Å². The Labute approximate surface area is 123 Å².